The lowest BCUT2D eigenvalue weighted by Crippen LogP contribution is -2.36. The Morgan fingerprint density at radius 1 is 1.21 bits per heavy atom. The fraction of sp³-hybridized carbons (Fsp3) is 0.238. The number of halogens is 4. The van der Waals surface area contributed by atoms with E-state index in [9.17, 15) is 22.8 Å². The smallest absolute Gasteiger partial charge is 0.325 e. The van der Waals surface area contributed by atoms with Crippen LogP contribution < -0.4 is 10.2 Å². The van der Waals surface area contributed by atoms with Crippen molar-refractivity contribution in [1.29, 1.82) is 0 Å². The van der Waals surface area contributed by atoms with Crippen molar-refractivity contribution in [2.24, 2.45) is 7.05 Å². The van der Waals surface area contributed by atoms with E-state index >= 15 is 0 Å². The van der Waals surface area contributed by atoms with E-state index in [1.165, 1.54) is 22.7 Å². The SMILES string of the molecule is Cn1c(CN2C(=O)CSc3ccc(C(F)(F)F)cc32)nnc1SCC(=O)Nc1ccc(Cl)cc1. The highest BCUT2D eigenvalue weighted by Gasteiger charge is 2.34. The second-order valence-corrected chi connectivity index (χ2v) is 9.65. The van der Waals surface area contributed by atoms with Gasteiger partial charge in [0.1, 0.15) is 0 Å². The average molecular weight is 528 g/mol. The third kappa shape index (κ3) is 5.50. The molecule has 4 rings (SSSR count). The number of alkyl halides is 3. The van der Waals surface area contributed by atoms with Crippen LogP contribution in [-0.4, -0.2) is 38.1 Å². The summed E-state index contributed by atoms with van der Waals surface area (Å²) in [6.45, 7) is -0.0469. The molecule has 2 heterocycles. The molecule has 0 radical (unpaired) electrons. The van der Waals surface area contributed by atoms with Crippen molar-refractivity contribution in [3.8, 4) is 0 Å². The van der Waals surface area contributed by atoms with Gasteiger partial charge in [-0.15, -0.1) is 22.0 Å². The first-order chi connectivity index (χ1) is 16.1. The molecule has 0 fully saturated rings. The van der Waals surface area contributed by atoms with Gasteiger partial charge < -0.3 is 14.8 Å². The predicted octanol–water partition coefficient (Wildman–Crippen LogP) is 4.86. The minimum absolute atomic E-state index is 0.0469. The molecule has 34 heavy (non-hydrogen) atoms. The van der Waals surface area contributed by atoms with Gasteiger partial charge in [0, 0.05) is 22.7 Å². The average Bonchev–Trinajstić information content (AvgIpc) is 3.14. The fourth-order valence-corrected chi connectivity index (χ4v) is 4.93. The lowest BCUT2D eigenvalue weighted by atomic mass is 10.1. The Bertz CT molecular complexity index is 1230. The number of hydrogen-bond acceptors (Lipinski definition) is 6. The van der Waals surface area contributed by atoms with Gasteiger partial charge in [-0.05, 0) is 42.5 Å². The second kappa shape index (κ2) is 9.88. The standard InChI is InChI=1S/C21H17ClF3N5O2S2/c1-29-17(27-28-20(29)34-10-18(31)26-14-5-3-13(22)4-6-14)9-30-15-8-12(21(23,24)25)2-7-16(15)33-11-19(30)32/h2-8H,9-11H2,1H3,(H,26,31). The van der Waals surface area contributed by atoms with Crippen LogP contribution in [0.3, 0.4) is 0 Å². The maximum atomic E-state index is 13.2. The predicted molar refractivity (Wildman–Crippen MR) is 125 cm³/mol. The molecule has 0 spiro atoms. The van der Waals surface area contributed by atoms with Crippen molar-refractivity contribution in [1.82, 2.24) is 14.8 Å². The molecule has 1 aromatic heterocycles. The van der Waals surface area contributed by atoms with Gasteiger partial charge >= 0.3 is 6.18 Å². The lowest BCUT2D eigenvalue weighted by Gasteiger charge is -2.29. The molecule has 1 aliphatic heterocycles. The van der Waals surface area contributed by atoms with Gasteiger partial charge in [0.2, 0.25) is 11.8 Å². The summed E-state index contributed by atoms with van der Waals surface area (Å²) in [6, 6.07) is 10.0. The zero-order valence-electron chi connectivity index (χ0n) is 17.6. The Labute approximate surface area is 206 Å². The number of nitrogens with zero attached hydrogens (tertiary/aromatic N) is 4. The van der Waals surface area contributed by atoms with Crippen LogP contribution in [-0.2, 0) is 29.4 Å². The highest BCUT2D eigenvalue weighted by molar-refractivity contribution is 8.00. The topological polar surface area (TPSA) is 80.1 Å². The van der Waals surface area contributed by atoms with Crippen LogP contribution in [0, 0.1) is 0 Å². The molecule has 2 aromatic carbocycles. The molecule has 13 heteroatoms. The van der Waals surface area contributed by atoms with E-state index in [-0.39, 0.29) is 35.6 Å². The summed E-state index contributed by atoms with van der Waals surface area (Å²) in [4.78, 5) is 26.7. The number of anilines is 2. The van der Waals surface area contributed by atoms with Crippen LogP contribution in [0.15, 0.2) is 52.5 Å². The Morgan fingerprint density at radius 3 is 2.65 bits per heavy atom. The van der Waals surface area contributed by atoms with Gasteiger partial charge in [-0.2, -0.15) is 13.2 Å². The molecule has 0 saturated carbocycles. The monoisotopic (exact) mass is 527 g/mol. The molecule has 3 aromatic rings. The first-order valence-electron chi connectivity index (χ1n) is 9.82. The van der Waals surface area contributed by atoms with E-state index in [1.54, 1.807) is 35.9 Å². The fourth-order valence-electron chi connectivity index (χ4n) is 3.16. The zero-order valence-corrected chi connectivity index (χ0v) is 20.0. The van der Waals surface area contributed by atoms with Crippen molar-refractivity contribution in [3.63, 3.8) is 0 Å². The summed E-state index contributed by atoms with van der Waals surface area (Å²) >= 11 is 8.18. The molecule has 2 amide bonds. The van der Waals surface area contributed by atoms with Gasteiger partial charge in [-0.3, -0.25) is 9.59 Å². The van der Waals surface area contributed by atoms with E-state index in [1.807, 2.05) is 0 Å². The number of nitrogens with one attached hydrogen (secondary N) is 1. The third-order valence-electron chi connectivity index (χ3n) is 4.91. The molecule has 0 atom stereocenters. The summed E-state index contributed by atoms with van der Waals surface area (Å²) in [5.74, 6) is -0.0248. The van der Waals surface area contributed by atoms with Crippen molar-refractivity contribution < 1.29 is 22.8 Å². The number of hydrogen-bond donors (Lipinski definition) is 1. The molecule has 178 valence electrons. The van der Waals surface area contributed by atoms with Crippen molar-refractivity contribution in [2.75, 3.05) is 21.7 Å². The van der Waals surface area contributed by atoms with E-state index < -0.39 is 11.7 Å². The Kier molecular flexibility index (Phi) is 7.10. The summed E-state index contributed by atoms with van der Waals surface area (Å²) < 4.78 is 41.2. The zero-order chi connectivity index (χ0) is 24.5. The first-order valence-corrected chi connectivity index (χ1v) is 12.2. The summed E-state index contributed by atoms with van der Waals surface area (Å²) in [5, 5.41) is 11.9. The quantitative estimate of drug-likeness (QED) is 0.461. The van der Waals surface area contributed by atoms with Gasteiger partial charge in [0.15, 0.2) is 11.0 Å². The number of benzene rings is 2. The third-order valence-corrected chi connectivity index (χ3v) is 7.23. The molecule has 1 aliphatic rings. The number of carbonyl (C=O) groups is 2. The first kappa shape index (κ1) is 24.4. The van der Waals surface area contributed by atoms with E-state index in [0.29, 0.717) is 26.6 Å². The molecule has 0 saturated heterocycles. The van der Waals surface area contributed by atoms with E-state index in [0.717, 1.165) is 23.9 Å². The number of rotatable bonds is 6. The minimum Gasteiger partial charge on any atom is -0.325 e. The van der Waals surface area contributed by atoms with Crippen LogP contribution in [0.2, 0.25) is 5.02 Å². The van der Waals surface area contributed by atoms with Crippen molar-refractivity contribution in [3.05, 3.63) is 58.9 Å². The summed E-state index contributed by atoms with van der Waals surface area (Å²) in [6.07, 6.45) is -4.52. The Balaban J connectivity index is 1.45. The van der Waals surface area contributed by atoms with Crippen LogP contribution in [0.5, 0.6) is 0 Å². The van der Waals surface area contributed by atoms with Crippen LogP contribution in [0.25, 0.3) is 0 Å². The normalized spacial score (nSPS) is 13.7. The van der Waals surface area contributed by atoms with Crippen molar-refractivity contribution >= 4 is 58.3 Å². The number of amides is 2. The van der Waals surface area contributed by atoms with Gasteiger partial charge in [0.25, 0.3) is 0 Å². The Morgan fingerprint density at radius 2 is 1.94 bits per heavy atom. The van der Waals surface area contributed by atoms with E-state index in [2.05, 4.69) is 15.5 Å². The van der Waals surface area contributed by atoms with E-state index in [4.69, 9.17) is 11.6 Å². The number of thioether (sulfide) groups is 2. The molecular formula is C21H17ClF3N5O2S2. The van der Waals surface area contributed by atoms with Crippen LogP contribution in [0.1, 0.15) is 11.4 Å². The van der Waals surface area contributed by atoms with Gasteiger partial charge in [0.05, 0.1) is 29.3 Å². The maximum absolute atomic E-state index is 13.2. The minimum atomic E-state index is -4.52. The van der Waals surface area contributed by atoms with Crippen LogP contribution in [0.4, 0.5) is 24.5 Å². The second-order valence-electron chi connectivity index (χ2n) is 7.25. The maximum Gasteiger partial charge on any atom is 0.416 e. The largest absolute Gasteiger partial charge is 0.416 e. The van der Waals surface area contributed by atoms with Gasteiger partial charge in [-0.1, -0.05) is 23.4 Å². The summed E-state index contributed by atoms with van der Waals surface area (Å²) in [5.41, 5.74) is -0.0323. The van der Waals surface area contributed by atoms with Gasteiger partial charge in [-0.25, -0.2) is 0 Å². The lowest BCUT2D eigenvalue weighted by molar-refractivity contribution is -0.137. The highest BCUT2D eigenvalue weighted by Crippen LogP contribution is 2.40. The molecule has 0 unspecified atom stereocenters. The molecular weight excluding hydrogens is 511 g/mol. The summed E-state index contributed by atoms with van der Waals surface area (Å²) in [7, 11) is 1.67. The Hall–Kier alpha value is -2.70. The highest BCUT2D eigenvalue weighted by atomic mass is 35.5. The molecule has 0 aliphatic carbocycles. The number of aromatic nitrogens is 3. The molecule has 0 bridgehead atoms. The van der Waals surface area contributed by atoms with Crippen molar-refractivity contribution in [2.45, 2.75) is 22.8 Å². The molecule has 7 nitrogen and oxygen atoms in total. The number of carbonyl (C=O) groups excluding carboxylic acids is 2. The molecule has 1 N–H and O–H groups in total. The number of fused-ring (bicyclic) bond motifs is 1. The van der Waals surface area contributed by atoms with Crippen LogP contribution >= 0.6 is 35.1 Å².